The number of aromatic carboxylic acids is 1. The van der Waals surface area contributed by atoms with Gasteiger partial charge in [-0.2, -0.15) is 0 Å². The largest absolute Gasteiger partial charge is 0.478 e. The normalized spacial score (nSPS) is 15.3. The second kappa shape index (κ2) is 8.91. The minimum Gasteiger partial charge on any atom is -0.478 e. The molecule has 0 spiro atoms. The molecule has 5 rings (SSSR count). The highest BCUT2D eigenvalue weighted by molar-refractivity contribution is 6.03. The zero-order chi connectivity index (χ0) is 24.6. The number of carboxylic acid groups (broad SMARTS) is 1. The van der Waals surface area contributed by atoms with Crippen molar-refractivity contribution in [1.29, 1.82) is 0 Å². The Labute approximate surface area is 203 Å². The third kappa shape index (κ3) is 4.03. The molecule has 0 aromatic heterocycles. The van der Waals surface area contributed by atoms with Crippen LogP contribution >= 0.6 is 0 Å². The molecule has 0 bridgehead atoms. The number of carboxylic acids is 1. The maximum atomic E-state index is 13.4. The summed E-state index contributed by atoms with van der Waals surface area (Å²) in [6.07, 6.45) is 1.17. The fraction of sp³-hybridized carbons (Fsp3) is 0.250. The first-order valence-electron chi connectivity index (χ1n) is 11.6. The lowest BCUT2D eigenvalue weighted by molar-refractivity contribution is -0.127. The Hall–Kier alpha value is -4.13. The number of hydrogen-bond acceptors (Lipinski definition) is 4. The summed E-state index contributed by atoms with van der Waals surface area (Å²) in [5, 5.41) is 12.1. The summed E-state index contributed by atoms with van der Waals surface area (Å²) in [5.41, 5.74) is 4.02. The van der Waals surface area contributed by atoms with E-state index in [0.717, 1.165) is 28.7 Å². The molecule has 2 N–H and O–H groups in total. The number of ether oxygens (including phenoxy) is 1. The molecule has 0 atom stereocenters. The van der Waals surface area contributed by atoms with Crippen molar-refractivity contribution < 1.29 is 24.2 Å². The van der Waals surface area contributed by atoms with Gasteiger partial charge in [0.2, 0.25) is 0 Å². The summed E-state index contributed by atoms with van der Waals surface area (Å²) in [4.78, 5) is 38.9. The van der Waals surface area contributed by atoms with Crippen molar-refractivity contribution in [1.82, 2.24) is 5.32 Å². The number of nitrogens with zero attached hydrogens (tertiary/aromatic N) is 1. The van der Waals surface area contributed by atoms with E-state index in [2.05, 4.69) is 29.6 Å². The predicted molar refractivity (Wildman–Crippen MR) is 132 cm³/mol. The Balaban J connectivity index is 1.28. The van der Waals surface area contributed by atoms with Gasteiger partial charge in [0, 0.05) is 18.7 Å². The zero-order valence-electron chi connectivity index (χ0n) is 19.4. The van der Waals surface area contributed by atoms with Gasteiger partial charge in [0.1, 0.15) is 12.1 Å². The third-order valence-electron chi connectivity index (χ3n) is 7.09. The van der Waals surface area contributed by atoms with Crippen molar-refractivity contribution in [3.63, 3.8) is 0 Å². The van der Waals surface area contributed by atoms with Gasteiger partial charge in [-0.05, 0) is 59.7 Å². The quantitative estimate of drug-likeness (QED) is 0.539. The minimum absolute atomic E-state index is 0.0670. The summed E-state index contributed by atoms with van der Waals surface area (Å²) in [6, 6.07) is 22.4. The SMILES string of the molecule is CN(C(=O)C1(NC(=O)OCC2c3ccccc3-c3ccccc32)CCC1)c1cccc(C(=O)O)c1. The van der Waals surface area contributed by atoms with Gasteiger partial charge in [0.05, 0.1) is 5.56 Å². The topological polar surface area (TPSA) is 95.9 Å². The first kappa shape index (κ1) is 22.7. The molecule has 3 aromatic carbocycles. The van der Waals surface area contributed by atoms with Crippen LogP contribution in [0.1, 0.15) is 46.7 Å². The Kier molecular flexibility index (Phi) is 5.76. The first-order chi connectivity index (χ1) is 16.9. The number of alkyl carbamates (subject to hydrolysis) is 1. The van der Waals surface area contributed by atoms with Crippen molar-refractivity contribution >= 4 is 23.7 Å². The summed E-state index contributed by atoms with van der Waals surface area (Å²) < 4.78 is 5.66. The van der Waals surface area contributed by atoms with Crippen molar-refractivity contribution in [3.8, 4) is 11.1 Å². The van der Waals surface area contributed by atoms with Crippen LogP contribution in [0.25, 0.3) is 11.1 Å². The molecule has 178 valence electrons. The number of fused-ring (bicyclic) bond motifs is 3. The van der Waals surface area contributed by atoms with Crippen LogP contribution in [0.4, 0.5) is 10.5 Å². The van der Waals surface area contributed by atoms with Crippen molar-refractivity contribution in [2.24, 2.45) is 0 Å². The van der Waals surface area contributed by atoms with Crippen molar-refractivity contribution in [2.75, 3.05) is 18.6 Å². The molecular formula is C28H26N2O5. The number of carbonyl (C=O) groups is 3. The summed E-state index contributed by atoms with van der Waals surface area (Å²) >= 11 is 0. The molecule has 0 radical (unpaired) electrons. The van der Waals surface area contributed by atoms with Crippen molar-refractivity contribution in [2.45, 2.75) is 30.7 Å². The van der Waals surface area contributed by atoms with Gasteiger partial charge in [0.25, 0.3) is 5.91 Å². The molecule has 3 aromatic rings. The number of carbonyl (C=O) groups excluding carboxylic acids is 2. The molecule has 2 aliphatic carbocycles. The maximum Gasteiger partial charge on any atom is 0.408 e. The third-order valence-corrected chi connectivity index (χ3v) is 7.09. The second-order valence-electron chi connectivity index (χ2n) is 9.11. The van der Waals surface area contributed by atoms with Crippen LogP contribution in [-0.4, -0.2) is 42.3 Å². The van der Waals surface area contributed by atoms with E-state index in [4.69, 9.17) is 4.74 Å². The van der Waals surface area contributed by atoms with Crippen molar-refractivity contribution in [3.05, 3.63) is 89.5 Å². The lowest BCUT2D eigenvalue weighted by Gasteiger charge is -2.42. The molecule has 2 amide bonds. The van der Waals surface area contributed by atoms with Crippen LogP contribution < -0.4 is 10.2 Å². The molecule has 1 saturated carbocycles. The number of rotatable bonds is 6. The number of likely N-dealkylation sites (N-methyl/N-ethyl adjacent to an activating group) is 1. The Bertz CT molecular complexity index is 1270. The molecule has 0 aliphatic heterocycles. The zero-order valence-corrected chi connectivity index (χ0v) is 19.4. The van der Waals surface area contributed by atoms with E-state index in [1.54, 1.807) is 19.2 Å². The average Bonchev–Trinajstić information content (AvgIpc) is 3.18. The monoisotopic (exact) mass is 470 g/mol. The number of benzene rings is 3. The molecular weight excluding hydrogens is 444 g/mol. The van der Waals surface area contributed by atoms with E-state index in [9.17, 15) is 19.5 Å². The van der Waals surface area contributed by atoms with Crippen LogP contribution in [0, 0.1) is 0 Å². The van der Waals surface area contributed by atoms with E-state index >= 15 is 0 Å². The smallest absolute Gasteiger partial charge is 0.408 e. The molecule has 1 fully saturated rings. The maximum absolute atomic E-state index is 13.4. The highest BCUT2D eigenvalue weighted by atomic mass is 16.5. The van der Waals surface area contributed by atoms with Crippen LogP contribution in [-0.2, 0) is 9.53 Å². The van der Waals surface area contributed by atoms with E-state index in [1.807, 2.05) is 24.3 Å². The first-order valence-corrected chi connectivity index (χ1v) is 11.6. The predicted octanol–water partition coefficient (Wildman–Crippen LogP) is 4.81. The highest BCUT2D eigenvalue weighted by Crippen LogP contribution is 2.44. The summed E-state index contributed by atoms with van der Waals surface area (Å²) in [5.74, 6) is -1.43. The van der Waals surface area contributed by atoms with Gasteiger partial charge in [0.15, 0.2) is 0 Å². The number of anilines is 1. The van der Waals surface area contributed by atoms with Gasteiger partial charge in [-0.15, -0.1) is 0 Å². The summed E-state index contributed by atoms with van der Waals surface area (Å²) in [6.45, 7) is 0.167. The Morgan fingerprint density at radius 1 is 0.971 bits per heavy atom. The number of nitrogens with one attached hydrogen (secondary N) is 1. The van der Waals surface area contributed by atoms with E-state index in [1.165, 1.54) is 17.0 Å². The summed E-state index contributed by atoms with van der Waals surface area (Å²) in [7, 11) is 1.59. The lowest BCUT2D eigenvalue weighted by atomic mass is 9.75. The minimum atomic E-state index is -1.07. The molecule has 2 aliphatic rings. The van der Waals surface area contributed by atoms with Gasteiger partial charge in [-0.3, -0.25) is 4.79 Å². The average molecular weight is 471 g/mol. The lowest BCUT2D eigenvalue weighted by Crippen LogP contribution is -2.63. The fourth-order valence-corrected chi connectivity index (χ4v) is 5.04. The standard InChI is InChI=1S/C28H26N2O5/c1-30(19-9-6-8-18(16-19)25(31)32)26(33)28(14-7-15-28)29-27(34)35-17-24-22-12-4-2-10-20(22)21-11-3-5-13-23(21)24/h2-6,8-13,16,24H,7,14-15,17H2,1H3,(H,29,34)(H,31,32). The van der Waals surface area contributed by atoms with Crippen LogP contribution in [0.2, 0.25) is 0 Å². The van der Waals surface area contributed by atoms with E-state index in [-0.39, 0.29) is 24.0 Å². The second-order valence-corrected chi connectivity index (χ2v) is 9.11. The van der Waals surface area contributed by atoms with Crippen LogP contribution in [0.15, 0.2) is 72.8 Å². The van der Waals surface area contributed by atoms with E-state index in [0.29, 0.717) is 18.5 Å². The van der Waals surface area contributed by atoms with Gasteiger partial charge in [-0.25, -0.2) is 9.59 Å². The van der Waals surface area contributed by atoms with Crippen LogP contribution in [0.3, 0.4) is 0 Å². The van der Waals surface area contributed by atoms with Gasteiger partial charge >= 0.3 is 12.1 Å². The molecule has 0 saturated heterocycles. The Morgan fingerprint density at radius 3 is 2.17 bits per heavy atom. The molecule has 7 heteroatoms. The van der Waals surface area contributed by atoms with Crippen LogP contribution in [0.5, 0.6) is 0 Å². The molecule has 7 nitrogen and oxygen atoms in total. The Morgan fingerprint density at radius 2 is 1.60 bits per heavy atom. The van der Waals surface area contributed by atoms with Gasteiger partial charge in [-0.1, -0.05) is 54.6 Å². The van der Waals surface area contributed by atoms with Gasteiger partial charge < -0.3 is 20.1 Å². The fourth-order valence-electron chi connectivity index (χ4n) is 5.04. The number of hydrogen-bond donors (Lipinski definition) is 2. The number of amides is 2. The molecule has 0 heterocycles. The highest BCUT2D eigenvalue weighted by Gasteiger charge is 2.47. The molecule has 35 heavy (non-hydrogen) atoms. The van der Waals surface area contributed by atoms with E-state index < -0.39 is 17.6 Å². The molecule has 0 unspecified atom stereocenters.